The van der Waals surface area contributed by atoms with Gasteiger partial charge in [-0.15, -0.1) is 11.6 Å². The van der Waals surface area contributed by atoms with Gasteiger partial charge in [0.2, 0.25) is 5.91 Å². The maximum absolute atomic E-state index is 11.3. The first-order valence-corrected chi connectivity index (χ1v) is 14.6. The Hall–Kier alpha value is -1.26. The lowest BCUT2D eigenvalue weighted by Crippen LogP contribution is -2.47. The van der Waals surface area contributed by atoms with E-state index in [2.05, 4.69) is 18.3 Å². The number of alkyl halides is 1. The largest absolute Gasteiger partial charge is 0.508 e. The van der Waals surface area contributed by atoms with Crippen LogP contribution in [0, 0.1) is 23.2 Å². The summed E-state index contributed by atoms with van der Waals surface area (Å²) in [6, 6.07) is 6.03. The molecule has 1 amide bonds. The molecule has 3 unspecified atom stereocenters. The smallest absolute Gasteiger partial charge is 0.219 e. The second-order valence-corrected chi connectivity index (χ2v) is 12.5. The normalized spacial score (nSPS) is 33.6. The maximum Gasteiger partial charge on any atom is 0.219 e. The van der Waals surface area contributed by atoms with Gasteiger partial charge in [0, 0.05) is 13.5 Å². The van der Waals surface area contributed by atoms with Crippen LogP contribution in [0.3, 0.4) is 0 Å². The van der Waals surface area contributed by atoms with E-state index in [4.69, 9.17) is 11.6 Å². The minimum absolute atomic E-state index is 0.0575. The van der Waals surface area contributed by atoms with Gasteiger partial charge in [-0.3, -0.25) is 4.79 Å². The Morgan fingerprint density at radius 2 is 1.80 bits per heavy atom. The second kappa shape index (κ2) is 11.9. The fourth-order valence-corrected chi connectivity index (χ4v) is 8.36. The van der Waals surface area contributed by atoms with Crippen LogP contribution in [0.25, 0.3) is 0 Å². The zero-order chi connectivity index (χ0) is 25.0. The summed E-state index contributed by atoms with van der Waals surface area (Å²) in [6.07, 6.45) is 15.4. The van der Waals surface area contributed by atoms with Crippen molar-refractivity contribution < 1.29 is 15.0 Å². The number of phenols is 1. The highest BCUT2D eigenvalue weighted by Crippen LogP contribution is 2.63. The Labute approximate surface area is 217 Å². The Morgan fingerprint density at radius 1 is 1.11 bits per heavy atom. The number of hydrogen-bond acceptors (Lipinski definition) is 3. The monoisotopic (exact) mass is 503 g/mol. The number of aliphatic hydroxyl groups excluding tert-OH is 1. The SMILES string of the molecule is CNC(=O)CCCCCCCCCC[C@@H]1Cc2cc(O)ccc2C2CC[C@@]3(C)C(C[C@@H](Cl)[C@@H]3O)C21. The van der Waals surface area contributed by atoms with Crippen molar-refractivity contribution in [2.45, 2.75) is 114 Å². The van der Waals surface area contributed by atoms with E-state index in [0.29, 0.717) is 35.8 Å². The predicted octanol–water partition coefficient (Wildman–Crippen LogP) is 6.70. The number of carbonyl (C=O) groups excluding carboxylic acids is 1. The van der Waals surface area contributed by atoms with E-state index >= 15 is 0 Å². The van der Waals surface area contributed by atoms with E-state index in [9.17, 15) is 15.0 Å². The van der Waals surface area contributed by atoms with Crippen molar-refractivity contribution in [3.05, 3.63) is 29.3 Å². The summed E-state index contributed by atoms with van der Waals surface area (Å²) >= 11 is 6.65. The molecule has 0 saturated heterocycles. The summed E-state index contributed by atoms with van der Waals surface area (Å²) in [5, 5.41) is 23.7. The van der Waals surface area contributed by atoms with Crippen LogP contribution >= 0.6 is 11.6 Å². The Morgan fingerprint density at radius 3 is 2.51 bits per heavy atom. The summed E-state index contributed by atoms with van der Waals surface area (Å²) in [5.41, 5.74) is 2.73. The first-order valence-electron chi connectivity index (χ1n) is 14.2. The standard InChI is InChI=1S/C30H46ClNO3/c1-30-16-15-24-23-14-13-22(33)18-21(23)17-20(28(24)25(30)19-26(31)29(30)35)11-9-7-5-3-4-6-8-10-12-27(34)32-2/h13-14,18,20,24-26,28-29,33,35H,3-12,15-17,19H2,1-2H3,(H,32,34)/t20-,24?,25?,26-,28?,29+,30+/m1/s1. The number of benzene rings is 1. The quantitative estimate of drug-likeness (QED) is 0.232. The molecule has 3 aliphatic rings. The summed E-state index contributed by atoms with van der Waals surface area (Å²) in [4.78, 5) is 11.3. The minimum atomic E-state index is -0.395. The van der Waals surface area contributed by atoms with Gasteiger partial charge in [-0.05, 0) is 90.9 Å². The molecule has 3 aliphatic carbocycles. The third-order valence-corrected chi connectivity index (χ3v) is 10.2. The number of halogens is 1. The van der Waals surface area contributed by atoms with Crippen molar-refractivity contribution in [2.75, 3.05) is 7.05 Å². The molecule has 4 rings (SSSR count). The lowest BCUT2D eigenvalue weighted by atomic mass is 9.52. The zero-order valence-electron chi connectivity index (χ0n) is 21.8. The van der Waals surface area contributed by atoms with Crippen LogP contribution in [0.5, 0.6) is 5.75 Å². The van der Waals surface area contributed by atoms with Gasteiger partial charge in [-0.1, -0.05) is 57.9 Å². The van der Waals surface area contributed by atoms with Crippen LogP contribution in [0.4, 0.5) is 0 Å². The van der Waals surface area contributed by atoms with Crippen LogP contribution in [0.15, 0.2) is 18.2 Å². The fraction of sp³-hybridized carbons (Fsp3) is 0.767. The van der Waals surface area contributed by atoms with Crippen molar-refractivity contribution in [1.29, 1.82) is 0 Å². The van der Waals surface area contributed by atoms with Gasteiger partial charge in [-0.25, -0.2) is 0 Å². The van der Waals surface area contributed by atoms with Gasteiger partial charge >= 0.3 is 0 Å². The average Bonchev–Trinajstić information content (AvgIpc) is 3.08. The fourth-order valence-electron chi connectivity index (χ4n) is 7.88. The lowest BCUT2D eigenvalue weighted by Gasteiger charge is -2.53. The van der Waals surface area contributed by atoms with Crippen molar-refractivity contribution in [1.82, 2.24) is 5.32 Å². The van der Waals surface area contributed by atoms with E-state index in [1.54, 1.807) is 7.05 Å². The number of carbonyl (C=O) groups is 1. The first kappa shape index (κ1) is 26.8. The van der Waals surface area contributed by atoms with E-state index in [0.717, 1.165) is 38.5 Å². The topological polar surface area (TPSA) is 69.6 Å². The molecule has 2 fully saturated rings. The molecule has 35 heavy (non-hydrogen) atoms. The molecule has 4 nitrogen and oxygen atoms in total. The number of amides is 1. The van der Waals surface area contributed by atoms with Crippen LogP contribution < -0.4 is 5.32 Å². The number of rotatable bonds is 11. The number of nitrogens with one attached hydrogen (secondary N) is 1. The summed E-state index contributed by atoms with van der Waals surface area (Å²) < 4.78 is 0. The molecule has 5 heteroatoms. The van der Waals surface area contributed by atoms with Gasteiger partial charge < -0.3 is 15.5 Å². The highest BCUT2D eigenvalue weighted by Gasteiger charge is 2.59. The molecule has 2 saturated carbocycles. The molecule has 0 radical (unpaired) electrons. The third-order valence-electron chi connectivity index (χ3n) is 9.83. The number of unbranched alkanes of at least 4 members (excludes halogenated alkanes) is 7. The van der Waals surface area contributed by atoms with E-state index in [-0.39, 0.29) is 16.7 Å². The highest BCUT2D eigenvalue weighted by molar-refractivity contribution is 6.21. The molecule has 1 aromatic carbocycles. The predicted molar refractivity (Wildman–Crippen MR) is 143 cm³/mol. The number of aromatic hydroxyl groups is 1. The van der Waals surface area contributed by atoms with Crippen molar-refractivity contribution in [2.24, 2.45) is 23.2 Å². The molecule has 7 atom stereocenters. The van der Waals surface area contributed by atoms with Crippen LogP contribution in [-0.4, -0.2) is 34.6 Å². The maximum atomic E-state index is 11.3. The zero-order valence-corrected chi connectivity index (χ0v) is 22.5. The summed E-state index contributed by atoms with van der Waals surface area (Å²) in [7, 11) is 1.71. The summed E-state index contributed by atoms with van der Waals surface area (Å²) in [5.74, 6) is 2.75. The van der Waals surface area contributed by atoms with E-state index < -0.39 is 6.10 Å². The van der Waals surface area contributed by atoms with Gasteiger partial charge in [0.1, 0.15) is 5.75 Å². The molecule has 0 aromatic heterocycles. The number of hydrogen-bond donors (Lipinski definition) is 3. The number of phenolic OH excluding ortho intramolecular Hbond substituents is 1. The lowest BCUT2D eigenvalue weighted by molar-refractivity contribution is -0.120. The van der Waals surface area contributed by atoms with Gasteiger partial charge in [0.25, 0.3) is 0 Å². The van der Waals surface area contributed by atoms with Gasteiger partial charge in [-0.2, -0.15) is 0 Å². The molecule has 3 N–H and O–H groups in total. The number of fused-ring (bicyclic) bond motifs is 5. The van der Waals surface area contributed by atoms with Gasteiger partial charge in [0.05, 0.1) is 11.5 Å². The number of aliphatic hydroxyl groups is 1. The van der Waals surface area contributed by atoms with E-state index in [1.807, 2.05) is 12.1 Å². The molecule has 1 aromatic rings. The molecular formula is C30H46ClNO3. The third kappa shape index (κ3) is 5.85. The first-order chi connectivity index (χ1) is 16.8. The molecular weight excluding hydrogens is 458 g/mol. The second-order valence-electron chi connectivity index (χ2n) is 11.9. The van der Waals surface area contributed by atoms with Crippen LogP contribution in [-0.2, 0) is 11.2 Å². The van der Waals surface area contributed by atoms with Crippen molar-refractivity contribution in [3.63, 3.8) is 0 Å². The van der Waals surface area contributed by atoms with Crippen molar-refractivity contribution >= 4 is 17.5 Å². The molecule has 0 aliphatic heterocycles. The van der Waals surface area contributed by atoms with Crippen LogP contribution in [0.1, 0.15) is 107 Å². The Balaban J connectivity index is 1.31. The van der Waals surface area contributed by atoms with Crippen molar-refractivity contribution in [3.8, 4) is 5.75 Å². The summed E-state index contributed by atoms with van der Waals surface area (Å²) in [6.45, 7) is 2.29. The van der Waals surface area contributed by atoms with E-state index in [1.165, 1.54) is 56.1 Å². The highest BCUT2D eigenvalue weighted by atomic mass is 35.5. The average molecular weight is 504 g/mol. The molecule has 0 bridgehead atoms. The Kier molecular flexibility index (Phi) is 9.08. The Bertz CT molecular complexity index is 860. The van der Waals surface area contributed by atoms with Crippen LogP contribution in [0.2, 0.25) is 0 Å². The molecule has 0 spiro atoms. The van der Waals surface area contributed by atoms with Gasteiger partial charge in [0.15, 0.2) is 0 Å². The minimum Gasteiger partial charge on any atom is -0.508 e. The molecule has 0 heterocycles. The molecule has 196 valence electrons.